The molecule has 0 radical (unpaired) electrons. The van der Waals surface area contributed by atoms with Gasteiger partial charge in [0.15, 0.2) is 5.82 Å². The van der Waals surface area contributed by atoms with E-state index in [-0.39, 0.29) is 23.4 Å². The average molecular weight is 432 g/mol. The normalized spacial score (nSPS) is 21.2. The molecule has 0 bridgehead atoms. The summed E-state index contributed by atoms with van der Waals surface area (Å²) >= 11 is 0. The monoisotopic (exact) mass is 432 g/mol. The molecule has 0 amide bonds. The van der Waals surface area contributed by atoms with Gasteiger partial charge in [-0.2, -0.15) is 5.10 Å². The fraction of sp³-hybridized carbons (Fsp3) is 0.458. The van der Waals surface area contributed by atoms with Gasteiger partial charge in [0.2, 0.25) is 6.29 Å². The summed E-state index contributed by atoms with van der Waals surface area (Å²) in [5.41, 5.74) is 2.67. The predicted octanol–water partition coefficient (Wildman–Crippen LogP) is 6.07. The van der Waals surface area contributed by atoms with E-state index in [1.807, 2.05) is 6.08 Å². The van der Waals surface area contributed by atoms with Gasteiger partial charge in [0.1, 0.15) is 23.0 Å². The number of benzene rings is 1. The van der Waals surface area contributed by atoms with Gasteiger partial charge in [-0.15, -0.1) is 0 Å². The van der Waals surface area contributed by atoms with Gasteiger partial charge < -0.3 is 9.47 Å². The molecular weight excluding hydrogens is 405 g/mol. The van der Waals surface area contributed by atoms with Crippen molar-refractivity contribution in [2.45, 2.75) is 50.7 Å². The number of hydrogen-bond donors (Lipinski definition) is 0. The Morgan fingerprint density at radius 3 is 2.68 bits per heavy atom. The first-order chi connectivity index (χ1) is 15.0. The van der Waals surface area contributed by atoms with Gasteiger partial charge >= 0.3 is 0 Å². The third-order valence-electron chi connectivity index (χ3n) is 6.16. The van der Waals surface area contributed by atoms with Crippen molar-refractivity contribution in [3.63, 3.8) is 0 Å². The molecule has 0 saturated carbocycles. The van der Waals surface area contributed by atoms with Crippen LogP contribution in [0.2, 0.25) is 0 Å². The molecule has 4 nitrogen and oxygen atoms in total. The SMILES string of the molecule is COC(OC)c1nn(-c2ccc(F)cc2F)c2c1CCCCC2CC1C=C(F)C=CC1. The Bertz CT molecular complexity index is 995. The van der Waals surface area contributed by atoms with E-state index >= 15 is 0 Å². The third kappa shape index (κ3) is 4.48. The Labute approximate surface area is 180 Å². The van der Waals surface area contributed by atoms with Crippen LogP contribution in [-0.4, -0.2) is 24.0 Å². The maximum Gasteiger partial charge on any atom is 0.202 e. The van der Waals surface area contributed by atoms with Gasteiger partial charge in [-0.3, -0.25) is 0 Å². The highest BCUT2D eigenvalue weighted by Crippen LogP contribution is 2.41. The molecule has 166 valence electrons. The Morgan fingerprint density at radius 2 is 1.97 bits per heavy atom. The number of aromatic nitrogens is 2. The number of halogens is 3. The Balaban J connectivity index is 1.84. The molecule has 0 aliphatic heterocycles. The van der Waals surface area contributed by atoms with Gasteiger partial charge in [-0.05, 0) is 62.3 Å². The van der Waals surface area contributed by atoms with Crippen LogP contribution in [0.25, 0.3) is 5.69 Å². The Morgan fingerprint density at radius 1 is 1.16 bits per heavy atom. The molecule has 0 saturated heterocycles. The highest BCUT2D eigenvalue weighted by Gasteiger charge is 2.32. The molecule has 31 heavy (non-hydrogen) atoms. The summed E-state index contributed by atoms with van der Waals surface area (Å²) < 4.78 is 54.7. The van der Waals surface area contributed by atoms with E-state index in [1.165, 1.54) is 32.4 Å². The molecule has 2 aromatic rings. The van der Waals surface area contributed by atoms with E-state index in [4.69, 9.17) is 14.6 Å². The summed E-state index contributed by atoms with van der Waals surface area (Å²) in [6, 6.07) is 3.50. The van der Waals surface area contributed by atoms with Gasteiger partial charge in [0.05, 0.1) is 5.69 Å². The summed E-state index contributed by atoms with van der Waals surface area (Å²) in [5.74, 6) is -1.43. The van der Waals surface area contributed by atoms with Crippen molar-refractivity contribution >= 4 is 0 Å². The second-order valence-electron chi connectivity index (χ2n) is 8.19. The van der Waals surface area contributed by atoms with E-state index in [9.17, 15) is 13.2 Å². The second kappa shape index (κ2) is 9.40. The van der Waals surface area contributed by atoms with E-state index in [2.05, 4.69) is 0 Å². The molecule has 0 fully saturated rings. The molecule has 2 aliphatic rings. The van der Waals surface area contributed by atoms with Crippen molar-refractivity contribution < 1.29 is 22.6 Å². The van der Waals surface area contributed by atoms with Crippen LogP contribution in [0.1, 0.15) is 61.3 Å². The van der Waals surface area contributed by atoms with Crippen LogP contribution in [0.15, 0.2) is 42.3 Å². The van der Waals surface area contributed by atoms with E-state index < -0.39 is 17.9 Å². The van der Waals surface area contributed by atoms with Crippen LogP contribution in [0, 0.1) is 17.6 Å². The lowest BCUT2D eigenvalue weighted by atomic mass is 9.84. The third-order valence-corrected chi connectivity index (χ3v) is 6.16. The molecule has 1 heterocycles. The minimum Gasteiger partial charge on any atom is -0.350 e. The number of allylic oxidation sites excluding steroid dienone is 4. The molecule has 1 aromatic carbocycles. The van der Waals surface area contributed by atoms with Crippen LogP contribution in [0.4, 0.5) is 13.2 Å². The summed E-state index contributed by atoms with van der Waals surface area (Å²) in [5, 5.41) is 4.70. The minimum atomic E-state index is -0.688. The quantitative estimate of drug-likeness (QED) is 0.411. The van der Waals surface area contributed by atoms with E-state index in [1.54, 1.807) is 10.8 Å². The van der Waals surface area contributed by atoms with Crippen LogP contribution in [0.5, 0.6) is 0 Å². The van der Waals surface area contributed by atoms with Gasteiger partial charge in [0.25, 0.3) is 0 Å². The number of fused-ring (bicyclic) bond motifs is 1. The molecule has 2 atom stereocenters. The molecule has 0 N–H and O–H groups in total. The van der Waals surface area contributed by atoms with Crippen LogP contribution < -0.4 is 0 Å². The maximum absolute atomic E-state index is 14.8. The number of nitrogens with zero attached hydrogens (tertiary/aromatic N) is 2. The first-order valence-corrected chi connectivity index (χ1v) is 10.7. The molecule has 2 aliphatic carbocycles. The molecular formula is C24H27F3N2O2. The number of rotatable bonds is 6. The van der Waals surface area contributed by atoms with Crippen molar-refractivity contribution in [1.29, 1.82) is 0 Å². The van der Waals surface area contributed by atoms with Crippen molar-refractivity contribution in [1.82, 2.24) is 9.78 Å². The van der Waals surface area contributed by atoms with Gasteiger partial charge in [-0.1, -0.05) is 12.5 Å². The molecule has 4 rings (SSSR count). The molecule has 2 unspecified atom stereocenters. The Kier molecular flexibility index (Phi) is 6.62. The lowest BCUT2D eigenvalue weighted by Crippen LogP contribution is -2.14. The lowest BCUT2D eigenvalue weighted by Gasteiger charge is -2.23. The van der Waals surface area contributed by atoms with Crippen LogP contribution in [-0.2, 0) is 15.9 Å². The number of ether oxygens (including phenoxy) is 2. The first kappa shape index (κ1) is 21.8. The van der Waals surface area contributed by atoms with E-state index in [0.717, 1.165) is 55.8 Å². The highest BCUT2D eigenvalue weighted by molar-refractivity contribution is 5.42. The zero-order chi connectivity index (χ0) is 22.0. The zero-order valence-corrected chi connectivity index (χ0v) is 17.8. The van der Waals surface area contributed by atoms with Crippen molar-refractivity contribution in [3.8, 4) is 5.69 Å². The van der Waals surface area contributed by atoms with Crippen molar-refractivity contribution in [3.05, 3.63) is 70.8 Å². The predicted molar refractivity (Wildman–Crippen MR) is 112 cm³/mol. The lowest BCUT2D eigenvalue weighted by molar-refractivity contribution is -0.109. The zero-order valence-electron chi connectivity index (χ0n) is 17.8. The fourth-order valence-corrected chi connectivity index (χ4v) is 4.79. The molecule has 7 heteroatoms. The largest absolute Gasteiger partial charge is 0.350 e. The highest BCUT2D eigenvalue weighted by atomic mass is 19.1. The number of methoxy groups -OCH3 is 2. The summed E-state index contributed by atoms with van der Waals surface area (Å²) in [4.78, 5) is 0. The van der Waals surface area contributed by atoms with E-state index in [0.29, 0.717) is 5.69 Å². The summed E-state index contributed by atoms with van der Waals surface area (Å²) in [7, 11) is 3.07. The minimum absolute atomic E-state index is 0.0538. The smallest absolute Gasteiger partial charge is 0.202 e. The fourth-order valence-electron chi connectivity index (χ4n) is 4.79. The average Bonchev–Trinajstić information content (AvgIpc) is 2.97. The van der Waals surface area contributed by atoms with Gasteiger partial charge in [0, 0.05) is 31.8 Å². The first-order valence-electron chi connectivity index (χ1n) is 10.7. The summed E-state index contributed by atoms with van der Waals surface area (Å²) in [6.45, 7) is 0. The number of hydrogen-bond acceptors (Lipinski definition) is 3. The van der Waals surface area contributed by atoms with Gasteiger partial charge in [-0.25, -0.2) is 17.9 Å². The van der Waals surface area contributed by atoms with Crippen LogP contribution >= 0.6 is 0 Å². The second-order valence-corrected chi connectivity index (χ2v) is 8.19. The van der Waals surface area contributed by atoms with Crippen molar-refractivity contribution in [2.24, 2.45) is 5.92 Å². The maximum atomic E-state index is 14.8. The van der Waals surface area contributed by atoms with Crippen molar-refractivity contribution in [2.75, 3.05) is 14.2 Å². The Hall–Kier alpha value is -2.38. The van der Waals surface area contributed by atoms with Crippen LogP contribution in [0.3, 0.4) is 0 Å². The summed E-state index contributed by atoms with van der Waals surface area (Å²) in [6.07, 6.45) is 9.44. The topological polar surface area (TPSA) is 36.3 Å². The molecule has 1 aromatic heterocycles. The molecule has 0 spiro atoms. The standard InChI is InChI=1S/C24H27F3N2O2/c1-30-24(31-2)22-19-9-4-3-7-16(12-15-6-5-8-17(25)13-15)23(19)29(28-22)21-11-10-18(26)14-20(21)27/h5,8,10-11,13-16,24H,3-4,6-7,9,12H2,1-2H3.